The topological polar surface area (TPSA) is 92.8 Å². The molecule has 1 aliphatic rings. The van der Waals surface area contributed by atoms with Crippen LogP contribution in [0, 0.1) is 0 Å². The van der Waals surface area contributed by atoms with E-state index in [1.807, 2.05) is 12.1 Å². The molecule has 1 amide bonds. The van der Waals surface area contributed by atoms with Crippen LogP contribution in [0.1, 0.15) is 24.2 Å². The molecule has 0 radical (unpaired) electrons. The minimum absolute atomic E-state index is 0.194. The van der Waals surface area contributed by atoms with Crippen molar-refractivity contribution in [3.63, 3.8) is 0 Å². The fourth-order valence-corrected chi connectivity index (χ4v) is 5.50. The zero-order valence-electron chi connectivity index (χ0n) is 16.5. The van der Waals surface area contributed by atoms with Crippen molar-refractivity contribution in [2.24, 2.45) is 0 Å². The second kappa shape index (κ2) is 7.46. The Bertz CT molecular complexity index is 1260. The highest BCUT2D eigenvalue weighted by molar-refractivity contribution is 7.93. The van der Waals surface area contributed by atoms with Gasteiger partial charge in [-0.15, -0.1) is 0 Å². The number of carbonyl (C=O) groups excluding carboxylic acids is 2. The molecule has 4 rings (SSSR count). The molecule has 0 spiro atoms. The van der Waals surface area contributed by atoms with Gasteiger partial charge in [0, 0.05) is 11.1 Å². The molecule has 1 heterocycles. The average Bonchev–Trinajstić information content (AvgIpc) is 2.96. The van der Waals surface area contributed by atoms with Crippen molar-refractivity contribution in [1.82, 2.24) is 0 Å². The quantitative estimate of drug-likeness (QED) is 0.633. The largest absolute Gasteiger partial charge is 0.462 e. The monoisotopic (exact) mass is 424 g/mol. The number of anilines is 2. The molecule has 0 saturated carbocycles. The number of nitrogens with one attached hydrogen (secondary N) is 1. The number of ether oxygens (including phenoxy) is 1. The van der Waals surface area contributed by atoms with Crippen LogP contribution in [0.5, 0.6) is 0 Å². The Morgan fingerprint density at radius 1 is 1.07 bits per heavy atom. The zero-order valence-corrected chi connectivity index (χ0v) is 17.3. The van der Waals surface area contributed by atoms with Crippen molar-refractivity contribution in [2.75, 3.05) is 16.2 Å². The third-order valence-electron chi connectivity index (χ3n) is 4.99. The fraction of sp³-hybridized carbons (Fsp3) is 0.182. The maximum atomic E-state index is 13.2. The van der Waals surface area contributed by atoms with Crippen molar-refractivity contribution in [2.45, 2.75) is 24.8 Å². The van der Waals surface area contributed by atoms with Crippen LogP contribution in [0.2, 0.25) is 0 Å². The molecule has 0 saturated heterocycles. The lowest BCUT2D eigenvalue weighted by atomic mass is 10.1. The Hall–Kier alpha value is -3.39. The van der Waals surface area contributed by atoms with Crippen LogP contribution in [0.15, 0.2) is 65.6 Å². The van der Waals surface area contributed by atoms with Crippen molar-refractivity contribution < 1.29 is 22.7 Å². The van der Waals surface area contributed by atoms with Gasteiger partial charge in [0.1, 0.15) is 6.04 Å². The van der Waals surface area contributed by atoms with Crippen LogP contribution < -0.4 is 9.62 Å². The summed E-state index contributed by atoms with van der Waals surface area (Å²) < 4.78 is 32.4. The van der Waals surface area contributed by atoms with Gasteiger partial charge < -0.3 is 10.1 Å². The molecule has 1 aliphatic heterocycles. The Kier molecular flexibility index (Phi) is 4.95. The van der Waals surface area contributed by atoms with Crippen LogP contribution in [0.4, 0.5) is 11.4 Å². The highest BCUT2D eigenvalue weighted by Crippen LogP contribution is 2.43. The van der Waals surface area contributed by atoms with Crippen molar-refractivity contribution in [3.05, 3.63) is 66.2 Å². The molecule has 154 valence electrons. The van der Waals surface area contributed by atoms with Gasteiger partial charge >= 0.3 is 5.97 Å². The van der Waals surface area contributed by atoms with Gasteiger partial charge in [0.25, 0.3) is 10.0 Å². The van der Waals surface area contributed by atoms with Gasteiger partial charge in [0.15, 0.2) is 0 Å². The molecule has 1 atom stereocenters. The molecule has 8 heteroatoms. The Morgan fingerprint density at radius 3 is 2.50 bits per heavy atom. The molecule has 0 aromatic heterocycles. The van der Waals surface area contributed by atoms with E-state index < -0.39 is 27.9 Å². The molecule has 1 N–H and O–H groups in total. The number of amides is 1. The second-order valence-corrected chi connectivity index (χ2v) is 8.68. The number of benzene rings is 3. The molecule has 0 aliphatic carbocycles. The summed E-state index contributed by atoms with van der Waals surface area (Å²) in [7, 11) is -3.87. The third kappa shape index (κ3) is 3.19. The highest BCUT2D eigenvalue weighted by atomic mass is 32.2. The van der Waals surface area contributed by atoms with Crippen LogP contribution in [-0.4, -0.2) is 32.9 Å². The van der Waals surface area contributed by atoms with Crippen LogP contribution in [0.3, 0.4) is 0 Å². The molecular weight excluding hydrogens is 404 g/mol. The summed E-state index contributed by atoms with van der Waals surface area (Å²) in [6.45, 7) is 3.48. The van der Waals surface area contributed by atoms with E-state index in [2.05, 4.69) is 5.32 Å². The molecule has 3 aromatic carbocycles. The molecule has 0 bridgehead atoms. The van der Waals surface area contributed by atoms with E-state index >= 15 is 0 Å². The molecule has 0 fully saturated rings. The lowest BCUT2D eigenvalue weighted by Gasteiger charge is -2.25. The zero-order chi connectivity index (χ0) is 21.5. The first-order valence-corrected chi connectivity index (χ1v) is 10.9. The lowest BCUT2D eigenvalue weighted by molar-refractivity contribution is -0.116. The van der Waals surface area contributed by atoms with Gasteiger partial charge in [-0.1, -0.05) is 30.3 Å². The van der Waals surface area contributed by atoms with E-state index in [0.29, 0.717) is 22.3 Å². The first kappa shape index (κ1) is 19.9. The first-order valence-electron chi connectivity index (χ1n) is 9.49. The van der Waals surface area contributed by atoms with E-state index in [0.717, 1.165) is 9.69 Å². The smallest absolute Gasteiger partial charge is 0.338 e. The summed E-state index contributed by atoms with van der Waals surface area (Å²) in [5, 5.41) is 4.11. The van der Waals surface area contributed by atoms with Crippen molar-refractivity contribution in [1.29, 1.82) is 0 Å². The van der Waals surface area contributed by atoms with E-state index in [1.54, 1.807) is 49.4 Å². The Morgan fingerprint density at radius 2 is 1.77 bits per heavy atom. The van der Waals surface area contributed by atoms with E-state index in [-0.39, 0.29) is 11.5 Å². The summed E-state index contributed by atoms with van der Waals surface area (Å²) in [6, 6.07) is 15.7. The van der Waals surface area contributed by atoms with E-state index in [4.69, 9.17) is 4.74 Å². The summed E-state index contributed by atoms with van der Waals surface area (Å²) in [5.74, 6) is -1.00. The molecule has 3 aromatic rings. The third-order valence-corrected chi connectivity index (χ3v) is 6.92. The predicted molar refractivity (Wildman–Crippen MR) is 114 cm³/mol. The number of hydrogen-bond acceptors (Lipinski definition) is 5. The maximum absolute atomic E-state index is 13.2. The summed E-state index contributed by atoms with van der Waals surface area (Å²) in [4.78, 5) is 25.0. The van der Waals surface area contributed by atoms with Gasteiger partial charge in [-0.3, -0.25) is 9.10 Å². The SMILES string of the molecule is CCOC(=O)c1cccc(NC(=O)C(C)N2c3cccc4cccc(c34)S2(=O)=O)c1. The van der Waals surface area contributed by atoms with Crippen molar-refractivity contribution in [3.8, 4) is 0 Å². The number of rotatable bonds is 5. The number of nitrogens with zero attached hydrogens (tertiary/aromatic N) is 1. The van der Waals surface area contributed by atoms with Crippen LogP contribution in [-0.2, 0) is 19.6 Å². The van der Waals surface area contributed by atoms with E-state index in [9.17, 15) is 18.0 Å². The first-order chi connectivity index (χ1) is 14.3. The minimum Gasteiger partial charge on any atom is -0.462 e. The average molecular weight is 424 g/mol. The number of esters is 1. The fourth-order valence-electron chi connectivity index (χ4n) is 3.63. The van der Waals surface area contributed by atoms with Gasteiger partial charge in [-0.2, -0.15) is 0 Å². The van der Waals surface area contributed by atoms with Gasteiger partial charge in [0.2, 0.25) is 5.91 Å². The van der Waals surface area contributed by atoms with Gasteiger partial charge in [0.05, 0.1) is 22.8 Å². The number of sulfonamides is 1. The Labute approximate surface area is 174 Å². The molecule has 7 nitrogen and oxygen atoms in total. The number of carbonyl (C=O) groups is 2. The minimum atomic E-state index is -3.87. The highest BCUT2D eigenvalue weighted by Gasteiger charge is 2.40. The standard InChI is InChI=1S/C22H20N2O5S/c1-3-29-22(26)16-9-4-10-17(13-16)23-21(25)14(2)24-18-11-5-7-15-8-6-12-19(20(15)18)30(24,27)28/h4-14H,3H2,1-2H3,(H,23,25). The maximum Gasteiger partial charge on any atom is 0.338 e. The summed E-state index contributed by atoms with van der Waals surface area (Å²) >= 11 is 0. The van der Waals surface area contributed by atoms with Crippen LogP contribution in [0.25, 0.3) is 10.8 Å². The lowest BCUT2D eigenvalue weighted by Crippen LogP contribution is -2.44. The summed E-state index contributed by atoms with van der Waals surface area (Å²) in [5.41, 5.74) is 1.16. The normalized spacial score (nSPS) is 15.1. The molecular formula is C22H20N2O5S. The number of hydrogen-bond donors (Lipinski definition) is 1. The van der Waals surface area contributed by atoms with Crippen molar-refractivity contribution >= 4 is 44.0 Å². The predicted octanol–water partition coefficient (Wildman–Crippen LogP) is 3.55. The molecule has 1 unspecified atom stereocenters. The Balaban J connectivity index is 1.64. The summed E-state index contributed by atoms with van der Waals surface area (Å²) in [6.07, 6.45) is 0. The van der Waals surface area contributed by atoms with Gasteiger partial charge in [-0.25, -0.2) is 13.2 Å². The van der Waals surface area contributed by atoms with Crippen LogP contribution >= 0.6 is 0 Å². The van der Waals surface area contributed by atoms with E-state index in [1.165, 1.54) is 13.0 Å². The molecule has 30 heavy (non-hydrogen) atoms. The second-order valence-electron chi connectivity index (χ2n) is 6.90. The van der Waals surface area contributed by atoms with Gasteiger partial charge in [-0.05, 0) is 49.6 Å².